The largest absolute Gasteiger partial charge is 0.493 e. The lowest BCUT2D eigenvalue weighted by molar-refractivity contribution is 0.0614. The van der Waals surface area contributed by atoms with Crippen LogP contribution in [0, 0.1) is 0 Å². The lowest BCUT2D eigenvalue weighted by atomic mass is 9.89. The molecule has 2 aromatic rings. The lowest BCUT2D eigenvalue weighted by Gasteiger charge is -2.38. The van der Waals surface area contributed by atoms with E-state index < -0.39 is 0 Å². The van der Waals surface area contributed by atoms with E-state index in [0.29, 0.717) is 11.5 Å². The number of fused-ring (bicyclic) bond motifs is 1. The SMILES string of the molecule is COc1ccc2c(c1OC)OC(C)(C)CC2NCc1ccsc1. The van der Waals surface area contributed by atoms with Crippen molar-refractivity contribution in [1.82, 2.24) is 5.32 Å². The molecule has 0 saturated carbocycles. The smallest absolute Gasteiger partial charge is 0.203 e. The van der Waals surface area contributed by atoms with Gasteiger partial charge >= 0.3 is 0 Å². The highest BCUT2D eigenvalue weighted by Gasteiger charge is 2.36. The van der Waals surface area contributed by atoms with Gasteiger partial charge in [0.1, 0.15) is 5.60 Å². The molecule has 0 saturated heterocycles. The molecule has 5 heteroatoms. The maximum Gasteiger partial charge on any atom is 0.203 e. The second-order valence-electron chi connectivity index (χ2n) is 6.35. The van der Waals surface area contributed by atoms with Crippen LogP contribution < -0.4 is 19.5 Å². The zero-order chi connectivity index (χ0) is 16.4. The van der Waals surface area contributed by atoms with Gasteiger partial charge in [0.05, 0.1) is 14.2 Å². The summed E-state index contributed by atoms with van der Waals surface area (Å²) >= 11 is 1.72. The summed E-state index contributed by atoms with van der Waals surface area (Å²) in [4.78, 5) is 0. The summed E-state index contributed by atoms with van der Waals surface area (Å²) in [5.41, 5.74) is 2.16. The van der Waals surface area contributed by atoms with Crippen LogP contribution in [-0.4, -0.2) is 19.8 Å². The van der Waals surface area contributed by atoms with Crippen molar-refractivity contribution in [2.24, 2.45) is 0 Å². The van der Waals surface area contributed by atoms with Gasteiger partial charge in [-0.1, -0.05) is 0 Å². The van der Waals surface area contributed by atoms with Crippen LogP contribution in [0.2, 0.25) is 0 Å². The van der Waals surface area contributed by atoms with Gasteiger partial charge in [0.15, 0.2) is 11.5 Å². The fourth-order valence-electron chi connectivity index (χ4n) is 3.03. The molecule has 1 N–H and O–H groups in total. The third kappa shape index (κ3) is 3.31. The third-order valence-corrected chi connectivity index (χ3v) is 4.84. The predicted molar refractivity (Wildman–Crippen MR) is 92.8 cm³/mol. The zero-order valence-corrected chi connectivity index (χ0v) is 14.8. The molecule has 0 aliphatic carbocycles. The molecule has 2 heterocycles. The summed E-state index contributed by atoms with van der Waals surface area (Å²) in [6, 6.07) is 6.38. The van der Waals surface area contributed by atoms with E-state index in [1.54, 1.807) is 25.6 Å². The minimum Gasteiger partial charge on any atom is -0.493 e. The molecule has 0 radical (unpaired) electrons. The molecule has 0 bridgehead atoms. The Morgan fingerprint density at radius 3 is 2.74 bits per heavy atom. The van der Waals surface area contributed by atoms with E-state index in [9.17, 15) is 0 Å². The van der Waals surface area contributed by atoms with Crippen molar-refractivity contribution in [3.05, 3.63) is 40.1 Å². The van der Waals surface area contributed by atoms with Gasteiger partial charge in [0.25, 0.3) is 0 Å². The van der Waals surface area contributed by atoms with Crippen molar-refractivity contribution < 1.29 is 14.2 Å². The lowest BCUT2D eigenvalue weighted by Crippen LogP contribution is -2.39. The second-order valence-corrected chi connectivity index (χ2v) is 7.13. The number of hydrogen-bond acceptors (Lipinski definition) is 5. The molecule has 23 heavy (non-hydrogen) atoms. The normalized spacial score (nSPS) is 18.9. The number of hydrogen-bond donors (Lipinski definition) is 1. The maximum atomic E-state index is 6.21. The molecule has 124 valence electrons. The van der Waals surface area contributed by atoms with Crippen LogP contribution in [0.3, 0.4) is 0 Å². The Kier molecular flexibility index (Phi) is 4.50. The summed E-state index contributed by atoms with van der Waals surface area (Å²) in [6.45, 7) is 5.06. The molecule has 3 rings (SSSR count). The van der Waals surface area contributed by atoms with Crippen LogP contribution in [0.15, 0.2) is 29.0 Å². The van der Waals surface area contributed by atoms with Crippen LogP contribution in [0.1, 0.15) is 37.4 Å². The number of benzene rings is 1. The minimum atomic E-state index is -0.265. The zero-order valence-electron chi connectivity index (χ0n) is 14.0. The van der Waals surface area contributed by atoms with Crippen molar-refractivity contribution in [2.75, 3.05) is 14.2 Å². The maximum absolute atomic E-state index is 6.21. The highest BCUT2D eigenvalue weighted by Crippen LogP contribution is 2.48. The highest BCUT2D eigenvalue weighted by molar-refractivity contribution is 7.07. The van der Waals surface area contributed by atoms with Crippen LogP contribution in [0.25, 0.3) is 0 Å². The second kappa shape index (κ2) is 6.42. The molecule has 1 aliphatic heterocycles. The quantitative estimate of drug-likeness (QED) is 0.892. The van der Waals surface area contributed by atoms with E-state index in [-0.39, 0.29) is 11.6 Å². The van der Waals surface area contributed by atoms with E-state index in [0.717, 1.165) is 24.3 Å². The average molecular weight is 333 g/mol. The van der Waals surface area contributed by atoms with Crippen LogP contribution in [-0.2, 0) is 6.54 Å². The van der Waals surface area contributed by atoms with Crippen LogP contribution >= 0.6 is 11.3 Å². The molecular formula is C18H23NO3S. The Balaban J connectivity index is 1.93. The van der Waals surface area contributed by atoms with Crippen LogP contribution in [0.5, 0.6) is 17.2 Å². The van der Waals surface area contributed by atoms with Crippen molar-refractivity contribution >= 4 is 11.3 Å². The third-order valence-electron chi connectivity index (χ3n) is 4.11. The Bertz CT molecular complexity index is 667. The van der Waals surface area contributed by atoms with Gasteiger partial charge in [-0.25, -0.2) is 0 Å². The molecule has 0 fully saturated rings. The van der Waals surface area contributed by atoms with Gasteiger partial charge < -0.3 is 19.5 Å². The molecule has 1 atom stereocenters. The first-order valence-corrected chi connectivity index (χ1v) is 8.66. The van der Waals surface area contributed by atoms with E-state index in [1.807, 2.05) is 6.07 Å². The fraction of sp³-hybridized carbons (Fsp3) is 0.444. The Morgan fingerprint density at radius 2 is 2.09 bits per heavy atom. The van der Waals surface area contributed by atoms with E-state index >= 15 is 0 Å². The molecule has 1 aliphatic rings. The number of methoxy groups -OCH3 is 2. The van der Waals surface area contributed by atoms with Gasteiger partial charge in [-0.2, -0.15) is 11.3 Å². The van der Waals surface area contributed by atoms with Crippen molar-refractivity contribution in [1.29, 1.82) is 0 Å². The summed E-state index contributed by atoms with van der Waals surface area (Å²) < 4.78 is 17.2. The number of rotatable bonds is 5. The van der Waals surface area contributed by atoms with Gasteiger partial charge in [0.2, 0.25) is 5.75 Å². The summed E-state index contributed by atoms with van der Waals surface area (Å²) in [5.74, 6) is 2.14. The summed E-state index contributed by atoms with van der Waals surface area (Å²) in [6.07, 6.45) is 0.902. The summed E-state index contributed by atoms with van der Waals surface area (Å²) in [5, 5.41) is 7.93. The molecule has 0 spiro atoms. The molecule has 1 aromatic heterocycles. The van der Waals surface area contributed by atoms with Crippen molar-refractivity contribution in [2.45, 2.75) is 38.5 Å². The number of thiophene rings is 1. The fourth-order valence-corrected chi connectivity index (χ4v) is 3.70. The Morgan fingerprint density at radius 1 is 1.26 bits per heavy atom. The molecular weight excluding hydrogens is 310 g/mol. The Hall–Kier alpha value is -1.72. The minimum absolute atomic E-state index is 0.216. The first-order chi connectivity index (χ1) is 11.0. The van der Waals surface area contributed by atoms with Crippen LogP contribution in [0.4, 0.5) is 0 Å². The molecule has 1 aromatic carbocycles. The Labute approximate surface area is 141 Å². The van der Waals surface area contributed by atoms with Gasteiger partial charge in [-0.3, -0.25) is 0 Å². The average Bonchev–Trinajstić information content (AvgIpc) is 3.03. The number of nitrogens with one attached hydrogen (secondary N) is 1. The van der Waals surface area contributed by atoms with Gasteiger partial charge in [-0.05, 0) is 48.4 Å². The standard InChI is InChI=1S/C18H23NO3S/c1-18(2)9-14(19-10-12-7-8-23-11-12)13-5-6-15(20-3)17(21-4)16(13)22-18/h5-8,11,14,19H,9-10H2,1-4H3. The molecule has 4 nitrogen and oxygen atoms in total. The van der Waals surface area contributed by atoms with Crippen molar-refractivity contribution in [3.8, 4) is 17.2 Å². The van der Waals surface area contributed by atoms with Gasteiger partial charge in [-0.15, -0.1) is 0 Å². The van der Waals surface area contributed by atoms with E-state index in [4.69, 9.17) is 14.2 Å². The van der Waals surface area contributed by atoms with E-state index in [2.05, 4.69) is 42.1 Å². The van der Waals surface area contributed by atoms with Gasteiger partial charge in [0, 0.05) is 24.6 Å². The summed E-state index contributed by atoms with van der Waals surface area (Å²) in [7, 11) is 3.29. The highest BCUT2D eigenvalue weighted by atomic mass is 32.1. The first-order valence-electron chi connectivity index (χ1n) is 7.72. The predicted octanol–water partition coefficient (Wildman–Crippen LogP) is 4.16. The number of ether oxygens (including phenoxy) is 3. The van der Waals surface area contributed by atoms with Crippen molar-refractivity contribution in [3.63, 3.8) is 0 Å². The van der Waals surface area contributed by atoms with E-state index in [1.165, 1.54) is 5.56 Å². The molecule has 0 amide bonds. The molecule has 1 unspecified atom stereocenters. The monoisotopic (exact) mass is 333 g/mol. The first kappa shape index (κ1) is 16.1. The topological polar surface area (TPSA) is 39.7 Å².